The molecule has 5 aliphatic carbocycles. The standard InChI is InChI=1S/C25H36N2S/c1-24-11-18-13-25(16-24,20-5-3-2-4-6-20)14-19(12-24)22(18)23(28)27-21-9-7-17(15-26)8-10-21/h2-6,17-19,21-22H,7-16,26H2,1H3,(H,27,28). The van der Waals surface area contributed by atoms with Gasteiger partial charge in [0.2, 0.25) is 0 Å². The summed E-state index contributed by atoms with van der Waals surface area (Å²) in [4.78, 5) is 1.21. The molecular weight excluding hydrogens is 360 g/mol. The summed E-state index contributed by atoms with van der Waals surface area (Å²) < 4.78 is 0. The largest absolute Gasteiger partial charge is 0.377 e. The monoisotopic (exact) mass is 396 g/mol. The average molecular weight is 397 g/mol. The minimum atomic E-state index is 0.410. The maximum absolute atomic E-state index is 6.07. The fourth-order valence-electron chi connectivity index (χ4n) is 7.98. The Morgan fingerprint density at radius 3 is 2.29 bits per heavy atom. The molecule has 1 aromatic carbocycles. The molecule has 2 atom stereocenters. The number of benzene rings is 1. The van der Waals surface area contributed by atoms with Crippen LogP contribution in [0.2, 0.25) is 0 Å². The number of rotatable bonds is 4. The van der Waals surface area contributed by atoms with Crippen LogP contribution in [0.4, 0.5) is 0 Å². The van der Waals surface area contributed by atoms with Crippen molar-refractivity contribution in [2.45, 2.75) is 76.2 Å². The predicted molar refractivity (Wildman–Crippen MR) is 120 cm³/mol. The Morgan fingerprint density at radius 1 is 1.04 bits per heavy atom. The van der Waals surface area contributed by atoms with E-state index in [1.54, 1.807) is 5.56 Å². The minimum absolute atomic E-state index is 0.410. The van der Waals surface area contributed by atoms with Crippen molar-refractivity contribution < 1.29 is 0 Å². The van der Waals surface area contributed by atoms with Crippen LogP contribution < -0.4 is 11.1 Å². The molecule has 5 saturated carbocycles. The van der Waals surface area contributed by atoms with E-state index in [2.05, 4.69) is 42.6 Å². The average Bonchev–Trinajstić information content (AvgIpc) is 2.67. The van der Waals surface area contributed by atoms with Crippen molar-refractivity contribution in [3.63, 3.8) is 0 Å². The summed E-state index contributed by atoms with van der Waals surface area (Å²) in [7, 11) is 0. The van der Waals surface area contributed by atoms with Gasteiger partial charge in [-0.05, 0) is 98.5 Å². The molecule has 0 spiro atoms. The van der Waals surface area contributed by atoms with Crippen molar-refractivity contribution in [1.82, 2.24) is 5.32 Å². The van der Waals surface area contributed by atoms with E-state index in [9.17, 15) is 0 Å². The Hall–Kier alpha value is -0.930. The van der Waals surface area contributed by atoms with Crippen LogP contribution in [0.1, 0.15) is 70.3 Å². The summed E-state index contributed by atoms with van der Waals surface area (Å²) in [5.74, 6) is 2.89. The van der Waals surface area contributed by atoms with E-state index in [1.165, 1.54) is 62.8 Å². The van der Waals surface area contributed by atoms with Gasteiger partial charge >= 0.3 is 0 Å². The molecule has 2 nitrogen and oxygen atoms in total. The third-order valence-corrected chi connectivity index (χ3v) is 9.20. The molecular formula is C25H36N2S. The molecule has 0 radical (unpaired) electrons. The highest BCUT2D eigenvalue weighted by atomic mass is 32.1. The third-order valence-electron chi connectivity index (χ3n) is 8.81. The number of hydrogen-bond acceptors (Lipinski definition) is 2. The molecule has 1 aromatic rings. The first-order chi connectivity index (χ1) is 13.5. The zero-order valence-electron chi connectivity index (χ0n) is 17.3. The Kier molecular flexibility index (Phi) is 4.83. The highest BCUT2D eigenvalue weighted by Gasteiger charge is 2.60. The van der Waals surface area contributed by atoms with Gasteiger partial charge in [-0.2, -0.15) is 0 Å². The Labute approximate surface area is 176 Å². The molecule has 6 rings (SSSR count). The van der Waals surface area contributed by atoms with Crippen LogP contribution in [-0.4, -0.2) is 17.6 Å². The van der Waals surface area contributed by atoms with E-state index < -0.39 is 0 Å². The van der Waals surface area contributed by atoms with Gasteiger partial charge in [-0.3, -0.25) is 0 Å². The molecule has 2 unspecified atom stereocenters. The van der Waals surface area contributed by atoms with Crippen LogP contribution in [0.5, 0.6) is 0 Å². The molecule has 0 heterocycles. The lowest BCUT2D eigenvalue weighted by Gasteiger charge is -2.64. The van der Waals surface area contributed by atoms with Crippen LogP contribution in [0.15, 0.2) is 30.3 Å². The maximum Gasteiger partial charge on any atom is 0.0792 e. The van der Waals surface area contributed by atoms with Crippen molar-refractivity contribution in [2.24, 2.45) is 34.8 Å². The molecule has 0 saturated heterocycles. The summed E-state index contributed by atoms with van der Waals surface area (Å²) in [5.41, 5.74) is 8.39. The normalized spacial score (nSPS) is 44.4. The van der Waals surface area contributed by atoms with E-state index in [4.69, 9.17) is 18.0 Å². The Morgan fingerprint density at radius 2 is 1.68 bits per heavy atom. The first-order valence-electron chi connectivity index (χ1n) is 11.6. The highest BCUT2D eigenvalue weighted by molar-refractivity contribution is 7.80. The van der Waals surface area contributed by atoms with Crippen molar-refractivity contribution in [1.29, 1.82) is 0 Å². The molecule has 152 valence electrons. The summed E-state index contributed by atoms with van der Waals surface area (Å²) >= 11 is 6.07. The summed E-state index contributed by atoms with van der Waals surface area (Å²) in [5, 5.41) is 3.85. The van der Waals surface area contributed by atoms with Crippen LogP contribution in [0.3, 0.4) is 0 Å². The van der Waals surface area contributed by atoms with E-state index in [0.29, 0.717) is 22.8 Å². The summed E-state index contributed by atoms with van der Waals surface area (Å²) in [6.45, 7) is 3.41. The first kappa shape index (κ1) is 19.1. The van der Waals surface area contributed by atoms with E-state index >= 15 is 0 Å². The SMILES string of the molecule is CC12CC3CC(c4ccccc4)(CC(C1)C3C(=S)NC1CCC(CN)CC1)C2. The smallest absolute Gasteiger partial charge is 0.0792 e. The lowest BCUT2D eigenvalue weighted by atomic mass is 9.40. The van der Waals surface area contributed by atoms with Crippen LogP contribution in [0.25, 0.3) is 0 Å². The maximum atomic E-state index is 6.07. The Balaban J connectivity index is 1.32. The third kappa shape index (κ3) is 3.23. The van der Waals surface area contributed by atoms with Crippen molar-refractivity contribution >= 4 is 17.2 Å². The molecule has 28 heavy (non-hydrogen) atoms. The summed E-state index contributed by atoms with van der Waals surface area (Å²) in [6, 6.07) is 12.0. The van der Waals surface area contributed by atoms with Crippen LogP contribution in [-0.2, 0) is 5.41 Å². The van der Waals surface area contributed by atoms with Crippen LogP contribution in [0, 0.1) is 29.1 Å². The second-order valence-electron chi connectivity index (χ2n) is 11.0. The number of nitrogens with one attached hydrogen (secondary N) is 1. The predicted octanol–water partition coefficient (Wildman–Crippen LogP) is 5.21. The van der Waals surface area contributed by atoms with Crippen molar-refractivity contribution in [3.8, 4) is 0 Å². The lowest BCUT2D eigenvalue weighted by molar-refractivity contribution is -0.0828. The second-order valence-corrected chi connectivity index (χ2v) is 11.4. The van der Waals surface area contributed by atoms with Gasteiger partial charge in [0, 0.05) is 12.0 Å². The molecule has 0 amide bonds. The number of thiocarbonyl (C=S) groups is 1. The van der Waals surface area contributed by atoms with Crippen molar-refractivity contribution in [2.75, 3.05) is 6.54 Å². The lowest BCUT2D eigenvalue weighted by Crippen LogP contribution is -2.60. The van der Waals surface area contributed by atoms with Crippen molar-refractivity contribution in [3.05, 3.63) is 35.9 Å². The van der Waals surface area contributed by atoms with Gasteiger partial charge in [0.1, 0.15) is 0 Å². The van der Waals surface area contributed by atoms with Gasteiger partial charge in [-0.15, -0.1) is 0 Å². The zero-order chi connectivity index (χ0) is 19.4. The zero-order valence-corrected chi connectivity index (χ0v) is 18.1. The number of hydrogen-bond donors (Lipinski definition) is 2. The van der Waals surface area contributed by atoms with Gasteiger partial charge in [0.15, 0.2) is 0 Å². The van der Waals surface area contributed by atoms with Gasteiger partial charge < -0.3 is 11.1 Å². The van der Waals surface area contributed by atoms with E-state index in [-0.39, 0.29) is 0 Å². The quantitative estimate of drug-likeness (QED) is 0.687. The topological polar surface area (TPSA) is 38.0 Å². The summed E-state index contributed by atoms with van der Waals surface area (Å²) in [6.07, 6.45) is 11.9. The number of nitrogens with two attached hydrogens (primary N) is 1. The molecule has 5 aliphatic rings. The Bertz CT molecular complexity index is 705. The second kappa shape index (κ2) is 7.09. The van der Waals surface area contributed by atoms with Gasteiger partial charge in [-0.1, -0.05) is 49.5 Å². The van der Waals surface area contributed by atoms with E-state index in [1.807, 2.05) is 0 Å². The van der Waals surface area contributed by atoms with Gasteiger partial charge in [-0.25, -0.2) is 0 Å². The molecule has 0 aliphatic heterocycles. The fraction of sp³-hybridized carbons (Fsp3) is 0.720. The molecule has 4 bridgehead atoms. The first-order valence-corrected chi connectivity index (χ1v) is 12.0. The minimum Gasteiger partial charge on any atom is -0.377 e. The van der Waals surface area contributed by atoms with Gasteiger partial charge in [0.05, 0.1) is 4.99 Å². The van der Waals surface area contributed by atoms with Gasteiger partial charge in [0.25, 0.3) is 0 Å². The highest BCUT2D eigenvalue weighted by Crippen LogP contribution is 2.67. The molecule has 0 aromatic heterocycles. The van der Waals surface area contributed by atoms with E-state index in [0.717, 1.165) is 24.3 Å². The van der Waals surface area contributed by atoms with Crippen LogP contribution >= 0.6 is 12.2 Å². The fourth-order valence-corrected chi connectivity index (χ4v) is 8.53. The molecule has 5 fully saturated rings. The molecule has 3 N–H and O–H groups in total. The molecule has 3 heteroatoms.